The van der Waals surface area contributed by atoms with Crippen LogP contribution < -0.4 is 5.11 Å². The first-order chi connectivity index (χ1) is 3.66. The molecular formula is C4H5O4-. The lowest BCUT2D eigenvalue weighted by Crippen LogP contribution is -2.27. The molecule has 0 bridgehead atoms. The van der Waals surface area contributed by atoms with Gasteiger partial charge in [-0.05, 0) is 0 Å². The predicted molar refractivity (Wildman–Crippen MR) is 21.7 cm³/mol. The smallest absolute Gasteiger partial charge is 0.148 e. The number of hydrogen-bond donors (Lipinski definition) is 1. The molecule has 1 N–H and O–H groups in total. The fourth-order valence-corrected chi connectivity index (χ4v) is 0.219. The zero-order chi connectivity index (χ0) is 6.57. The second-order valence-electron chi connectivity index (χ2n) is 1.28. The molecular weight excluding hydrogens is 112 g/mol. The highest BCUT2D eigenvalue weighted by molar-refractivity contribution is 5.71. The molecule has 46 valence electrons. The molecule has 0 saturated carbocycles. The van der Waals surface area contributed by atoms with Crippen LogP contribution in [0.5, 0.6) is 0 Å². The molecule has 0 aromatic rings. The molecule has 0 spiro atoms. The largest absolute Gasteiger partial charge is 0.550 e. The third kappa shape index (κ3) is 3.30. The quantitative estimate of drug-likeness (QED) is 0.421. The molecule has 0 rings (SSSR count). The van der Waals surface area contributed by atoms with E-state index in [1.807, 2.05) is 0 Å². The number of carbonyl (C=O) groups excluding carboxylic acids is 2. The van der Waals surface area contributed by atoms with Crippen molar-refractivity contribution >= 4 is 12.3 Å². The number of aldehydes is 1. The van der Waals surface area contributed by atoms with Gasteiger partial charge < -0.3 is 19.8 Å². The first kappa shape index (κ1) is 7.10. The van der Waals surface area contributed by atoms with Crippen molar-refractivity contribution in [3.63, 3.8) is 0 Å². The Kier molecular flexibility index (Phi) is 2.79. The van der Waals surface area contributed by atoms with Gasteiger partial charge in [-0.2, -0.15) is 0 Å². The fourth-order valence-electron chi connectivity index (χ4n) is 0.219. The van der Waals surface area contributed by atoms with E-state index in [1.165, 1.54) is 0 Å². The van der Waals surface area contributed by atoms with E-state index in [2.05, 4.69) is 0 Å². The minimum Gasteiger partial charge on any atom is -0.550 e. The van der Waals surface area contributed by atoms with Gasteiger partial charge in [0.2, 0.25) is 0 Å². The highest BCUT2D eigenvalue weighted by Gasteiger charge is 1.98. The second-order valence-corrected chi connectivity index (χ2v) is 1.28. The molecule has 1 unspecified atom stereocenters. The summed E-state index contributed by atoms with van der Waals surface area (Å²) in [5.74, 6) is -1.43. The number of hydrogen-bond acceptors (Lipinski definition) is 4. The summed E-state index contributed by atoms with van der Waals surface area (Å²) >= 11 is 0. The molecule has 4 heteroatoms. The number of carbonyl (C=O) groups is 2. The number of carboxylic acids is 1. The van der Waals surface area contributed by atoms with Gasteiger partial charge in [-0.1, -0.05) is 0 Å². The van der Waals surface area contributed by atoms with Crippen molar-refractivity contribution in [3.05, 3.63) is 0 Å². The molecule has 0 amide bonds. The van der Waals surface area contributed by atoms with Crippen LogP contribution in [-0.2, 0) is 9.59 Å². The molecule has 0 aromatic heterocycles. The van der Waals surface area contributed by atoms with Crippen LogP contribution in [0.1, 0.15) is 6.42 Å². The number of rotatable bonds is 3. The number of aliphatic carboxylic acids is 1. The lowest BCUT2D eigenvalue weighted by atomic mass is 10.3. The van der Waals surface area contributed by atoms with E-state index in [4.69, 9.17) is 5.11 Å². The van der Waals surface area contributed by atoms with Gasteiger partial charge in [0.05, 0.1) is 0 Å². The lowest BCUT2D eigenvalue weighted by molar-refractivity contribution is -0.307. The summed E-state index contributed by atoms with van der Waals surface area (Å²) in [6.45, 7) is 0. The molecule has 0 fully saturated rings. The van der Waals surface area contributed by atoms with Crippen LogP contribution >= 0.6 is 0 Å². The molecule has 8 heavy (non-hydrogen) atoms. The van der Waals surface area contributed by atoms with E-state index < -0.39 is 18.5 Å². The van der Waals surface area contributed by atoms with E-state index in [9.17, 15) is 14.7 Å². The van der Waals surface area contributed by atoms with Crippen molar-refractivity contribution in [1.29, 1.82) is 0 Å². The van der Waals surface area contributed by atoms with E-state index in [0.717, 1.165) is 0 Å². The van der Waals surface area contributed by atoms with Crippen molar-refractivity contribution in [2.75, 3.05) is 0 Å². The van der Waals surface area contributed by atoms with Gasteiger partial charge >= 0.3 is 0 Å². The molecule has 0 aliphatic carbocycles. The summed E-state index contributed by atoms with van der Waals surface area (Å²) in [5, 5.41) is 17.8. The van der Waals surface area contributed by atoms with Gasteiger partial charge in [0, 0.05) is 12.4 Å². The lowest BCUT2D eigenvalue weighted by Gasteiger charge is -2.00. The van der Waals surface area contributed by atoms with Crippen LogP contribution in [0, 0.1) is 0 Å². The van der Waals surface area contributed by atoms with Crippen molar-refractivity contribution < 1.29 is 19.8 Å². The topological polar surface area (TPSA) is 77.4 Å². The third-order valence-corrected chi connectivity index (χ3v) is 0.533. The molecule has 0 heterocycles. The van der Waals surface area contributed by atoms with E-state index >= 15 is 0 Å². The predicted octanol–water partition coefficient (Wildman–Crippen LogP) is -2.31. The monoisotopic (exact) mass is 117 g/mol. The maximum absolute atomic E-state index is 9.54. The van der Waals surface area contributed by atoms with Crippen LogP contribution in [0.3, 0.4) is 0 Å². The number of aliphatic hydroxyl groups excluding tert-OH is 1. The molecule has 4 nitrogen and oxygen atoms in total. The average Bonchev–Trinajstić information content (AvgIpc) is 1.65. The molecule has 0 aliphatic rings. The number of carboxylic acid groups (broad SMARTS) is 1. The van der Waals surface area contributed by atoms with Crippen LogP contribution in [0.4, 0.5) is 0 Å². The minimum absolute atomic E-state index is 0.149. The normalized spacial score (nSPS) is 12.6. The van der Waals surface area contributed by atoms with E-state index in [-0.39, 0.29) is 6.29 Å². The molecule has 1 atom stereocenters. The second kappa shape index (κ2) is 3.15. The highest BCUT2D eigenvalue weighted by atomic mass is 16.4. The average molecular weight is 117 g/mol. The first-order valence-electron chi connectivity index (χ1n) is 2.00. The van der Waals surface area contributed by atoms with Gasteiger partial charge in [-0.25, -0.2) is 0 Å². The first-order valence-corrected chi connectivity index (χ1v) is 2.00. The fraction of sp³-hybridized carbons (Fsp3) is 0.500. The molecule has 0 aliphatic heterocycles. The summed E-state index contributed by atoms with van der Waals surface area (Å²) in [6.07, 6.45) is -1.89. The van der Waals surface area contributed by atoms with E-state index in [0.29, 0.717) is 0 Å². The Bertz CT molecular complexity index is 98.2. The maximum Gasteiger partial charge on any atom is 0.148 e. The van der Waals surface area contributed by atoms with Crippen molar-refractivity contribution in [3.8, 4) is 0 Å². The van der Waals surface area contributed by atoms with Crippen molar-refractivity contribution in [2.24, 2.45) is 0 Å². The van der Waals surface area contributed by atoms with Crippen LogP contribution in [-0.4, -0.2) is 23.5 Å². The summed E-state index contributed by atoms with van der Waals surface area (Å²) in [7, 11) is 0. The Balaban J connectivity index is 3.38. The molecule has 0 saturated heterocycles. The Hall–Kier alpha value is -0.900. The van der Waals surface area contributed by atoms with Gasteiger partial charge in [0.15, 0.2) is 0 Å². The Morgan fingerprint density at radius 2 is 2.38 bits per heavy atom. The van der Waals surface area contributed by atoms with E-state index in [1.54, 1.807) is 0 Å². The van der Waals surface area contributed by atoms with Crippen LogP contribution in [0.25, 0.3) is 0 Å². The Morgan fingerprint density at radius 3 is 2.50 bits per heavy atom. The summed E-state index contributed by atoms with van der Waals surface area (Å²) in [6, 6.07) is 0. The SMILES string of the molecule is O=CC(O)CC(=O)[O-]. The molecule has 0 radical (unpaired) electrons. The van der Waals surface area contributed by atoms with Crippen molar-refractivity contribution in [1.82, 2.24) is 0 Å². The molecule has 0 aromatic carbocycles. The highest BCUT2D eigenvalue weighted by Crippen LogP contribution is 1.81. The van der Waals surface area contributed by atoms with Gasteiger partial charge in [0.1, 0.15) is 12.4 Å². The van der Waals surface area contributed by atoms with Crippen LogP contribution in [0.15, 0.2) is 0 Å². The third-order valence-electron chi connectivity index (χ3n) is 0.533. The van der Waals surface area contributed by atoms with Gasteiger partial charge in [-0.15, -0.1) is 0 Å². The summed E-state index contributed by atoms with van der Waals surface area (Å²) in [5.41, 5.74) is 0. The summed E-state index contributed by atoms with van der Waals surface area (Å²) in [4.78, 5) is 19.0. The standard InChI is InChI=1S/C4H6O4/c5-2-3(6)1-4(7)8/h2-3,6H,1H2,(H,7,8)/p-1. The van der Waals surface area contributed by atoms with Crippen molar-refractivity contribution in [2.45, 2.75) is 12.5 Å². The van der Waals surface area contributed by atoms with Crippen LogP contribution in [0.2, 0.25) is 0 Å². The van der Waals surface area contributed by atoms with Gasteiger partial charge in [0.25, 0.3) is 0 Å². The minimum atomic E-state index is -1.43. The Morgan fingerprint density at radius 1 is 1.88 bits per heavy atom. The van der Waals surface area contributed by atoms with Gasteiger partial charge in [-0.3, -0.25) is 0 Å². The summed E-state index contributed by atoms with van der Waals surface area (Å²) < 4.78 is 0. The zero-order valence-electron chi connectivity index (χ0n) is 4.03. The zero-order valence-corrected chi connectivity index (χ0v) is 4.03. The number of aliphatic hydroxyl groups is 1. The Labute approximate surface area is 45.7 Å². The maximum atomic E-state index is 9.54.